The largest absolute Gasteiger partial charge is 0.369 e. The predicted molar refractivity (Wildman–Crippen MR) is 78.9 cm³/mol. The summed E-state index contributed by atoms with van der Waals surface area (Å²) in [6.45, 7) is 2.36. The minimum Gasteiger partial charge on any atom is -0.369 e. The number of nitrogens with two attached hydrogens (primary N) is 1. The lowest BCUT2D eigenvalue weighted by atomic mass is 9.99. The lowest BCUT2D eigenvalue weighted by molar-refractivity contribution is -0.121. The number of hydrogen-bond donors (Lipinski definition) is 2. The van der Waals surface area contributed by atoms with Crippen LogP contribution in [0.2, 0.25) is 0 Å². The zero-order chi connectivity index (χ0) is 14.4. The molecule has 0 saturated heterocycles. The molecule has 4 nitrogen and oxygen atoms in total. The number of nitrogens with zero attached hydrogens (tertiary/aromatic N) is 1. The Morgan fingerprint density at radius 2 is 1.75 bits per heavy atom. The van der Waals surface area contributed by atoms with Crippen molar-refractivity contribution < 1.29 is 4.79 Å². The number of carbonyl (C=O) groups excluding carboxylic acids is 1. The first-order valence-corrected chi connectivity index (χ1v) is 6.66. The molecule has 104 valence electrons. The summed E-state index contributed by atoms with van der Waals surface area (Å²) in [6.07, 6.45) is 3.54. The highest BCUT2D eigenvalue weighted by Crippen LogP contribution is 2.21. The van der Waals surface area contributed by atoms with Gasteiger partial charge in [-0.2, -0.15) is 0 Å². The van der Waals surface area contributed by atoms with E-state index in [-0.39, 0.29) is 17.9 Å². The van der Waals surface area contributed by atoms with Crippen LogP contribution in [0, 0.1) is 5.92 Å². The standard InChI is InChI=1S/C16H19N3O/c1-12(16(17)20)11-19-15(13-5-3-2-4-6-13)14-7-9-18-10-8-14/h2-10,12,15,19H,11H2,1H3,(H2,17,20). The fourth-order valence-electron chi connectivity index (χ4n) is 2.02. The van der Waals surface area contributed by atoms with Gasteiger partial charge in [0.1, 0.15) is 0 Å². The van der Waals surface area contributed by atoms with Crippen molar-refractivity contribution >= 4 is 5.91 Å². The molecule has 0 fully saturated rings. The summed E-state index contributed by atoms with van der Waals surface area (Å²) in [5.74, 6) is -0.498. The number of nitrogens with one attached hydrogen (secondary N) is 1. The van der Waals surface area contributed by atoms with Crippen molar-refractivity contribution in [3.05, 3.63) is 66.0 Å². The molecule has 2 aromatic rings. The fraction of sp³-hybridized carbons (Fsp3) is 0.250. The Hall–Kier alpha value is -2.20. The van der Waals surface area contributed by atoms with E-state index in [9.17, 15) is 4.79 Å². The summed E-state index contributed by atoms with van der Waals surface area (Å²) in [4.78, 5) is 15.2. The van der Waals surface area contributed by atoms with Crippen LogP contribution in [-0.2, 0) is 4.79 Å². The molecule has 4 heteroatoms. The second-order valence-corrected chi connectivity index (χ2v) is 4.84. The first kappa shape index (κ1) is 14.2. The Kier molecular flexibility index (Phi) is 4.85. The molecule has 2 atom stereocenters. The van der Waals surface area contributed by atoms with E-state index in [1.54, 1.807) is 12.4 Å². The SMILES string of the molecule is CC(CNC(c1ccccc1)c1ccncc1)C(N)=O. The van der Waals surface area contributed by atoms with Crippen LogP contribution in [0.15, 0.2) is 54.9 Å². The van der Waals surface area contributed by atoms with Gasteiger partial charge in [-0.15, -0.1) is 0 Å². The van der Waals surface area contributed by atoms with Gasteiger partial charge >= 0.3 is 0 Å². The van der Waals surface area contributed by atoms with Gasteiger partial charge in [0.25, 0.3) is 0 Å². The highest BCUT2D eigenvalue weighted by atomic mass is 16.1. The molecule has 2 unspecified atom stereocenters. The van der Waals surface area contributed by atoms with E-state index >= 15 is 0 Å². The van der Waals surface area contributed by atoms with Crippen LogP contribution in [0.5, 0.6) is 0 Å². The van der Waals surface area contributed by atoms with Crippen LogP contribution in [0.3, 0.4) is 0 Å². The molecule has 0 radical (unpaired) electrons. The first-order chi connectivity index (χ1) is 9.68. The molecule has 1 aromatic carbocycles. The fourth-order valence-corrected chi connectivity index (χ4v) is 2.02. The van der Waals surface area contributed by atoms with Gasteiger partial charge in [-0.3, -0.25) is 9.78 Å². The van der Waals surface area contributed by atoms with Gasteiger partial charge in [0.15, 0.2) is 0 Å². The second kappa shape index (κ2) is 6.82. The quantitative estimate of drug-likeness (QED) is 0.841. The van der Waals surface area contributed by atoms with E-state index in [1.807, 2.05) is 37.3 Å². The maximum Gasteiger partial charge on any atom is 0.221 e. The molecular formula is C16H19N3O. The van der Waals surface area contributed by atoms with Crippen LogP contribution < -0.4 is 11.1 Å². The average Bonchev–Trinajstić information content (AvgIpc) is 2.49. The summed E-state index contributed by atoms with van der Waals surface area (Å²) >= 11 is 0. The number of amides is 1. The number of pyridine rings is 1. The number of hydrogen-bond acceptors (Lipinski definition) is 3. The lowest BCUT2D eigenvalue weighted by Gasteiger charge is -2.21. The molecule has 0 bridgehead atoms. The maximum atomic E-state index is 11.2. The molecule has 1 aromatic heterocycles. The van der Waals surface area contributed by atoms with E-state index in [1.165, 1.54) is 0 Å². The predicted octanol–water partition coefficient (Wildman–Crippen LogP) is 1.88. The number of rotatable bonds is 6. The molecular weight excluding hydrogens is 250 g/mol. The van der Waals surface area contributed by atoms with Crippen molar-refractivity contribution in [1.82, 2.24) is 10.3 Å². The monoisotopic (exact) mass is 269 g/mol. The highest BCUT2D eigenvalue weighted by Gasteiger charge is 2.16. The molecule has 3 N–H and O–H groups in total. The molecule has 0 aliphatic heterocycles. The molecule has 2 rings (SSSR count). The third kappa shape index (κ3) is 3.65. The zero-order valence-electron chi connectivity index (χ0n) is 11.5. The van der Waals surface area contributed by atoms with E-state index in [2.05, 4.69) is 22.4 Å². The topological polar surface area (TPSA) is 68.0 Å². The van der Waals surface area contributed by atoms with E-state index in [0.29, 0.717) is 6.54 Å². The normalized spacial score (nSPS) is 13.7. The summed E-state index contributed by atoms with van der Waals surface area (Å²) < 4.78 is 0. The second-order valence-electron chi connectivity index (χ2n) is 4.84. The van der Waals surface area contributed by atoms with Crippen molar-refractivity contribution in [3.63, 3.8) is 0 Å². The third-order valence-electron chi connectivity index (χ3n) is 3.29. The zero-order valence-corrected chi connectivity index (χ0v) is 11.5. The van der Waals surface area contributed by atoms with Crippen molar-refractivity contribution in [2.24, 2.45) is 11.7 Å². The minimum absolute atomic E-state index is 0.0287. The Morgan fingerprint density at radius 3 is 2.35 bits per heavy atom. The Morgan fingerprint density at radius 1 is 1.15 bits per heavy atom. The van der Waals surface area contributed by atoms with Crippen LogP contribution in [0.25, 0.3) is 0 Å². The Balaban J connectivity index is 2.19. The Labute approximate surface area is 119 Å². The first-order valence-electron chi connectivity index (χ1n) is 6.66. The maximum absolute atomic E-state index is 11.2. The summed E-state index contributed by atoms with van der Waals surface area (Å²) in [5, 5.41) is 3.40. The van der Waals surface area contributed by atoms with Crippen LogP contribution >= 0.6 is 0 Å². The van der Waals surface area contributed by atoms with Crippen molar-refractivity contribution in [2.45, 2.75) is 13.0 Å². The molecule has 1 heterocycles. The Bertz CT molecular complexity index is 503. The molecule has 0 aliphatic carbocycles. The molecule has 20 heavy (non-hydrogen) atoms. The minimum atomic E-state index is -0.293. The average molecular weight is 269 g/mol. The van der Waals surface area contributed by atoms with Gasteiger partial charge in [0.05, 0.1) is 6.04 Å². The van der Waals surface area contributed by atoms with Gasteiger partial charge in [-0.05, 0) is 23.3 Å². The van der Waals surface area contributed by atoms with Crippen molar-refractivity contribution in [3.8, 4) is 0 Å². The number of benzene rings is 1. The number of carbonyl (C=O) groups is 1. The van der Waals surface area contributed by atoms with E-state index in [4.69, 9.17) is 5.73 Å². The van der Waals surface area contributed by atoms with E-state index < -0.39 is 0 Å². The van der Waals surface area contributed by atoms with Crippen molar-refractivity contribution in [2.75, 3.05) is 6.54 Å². The molecule has 0 spiro atoms. The van der Waals surface area contributed by atoms with Crippen LogP contribution in [0.4, 0.5) is 0 Å². The summed E-state index contributed by atoms with van der Waals surface area (Å²) in [5.41, 5.74) is 7.57. The van der Waals surface area contributed by atoms with Gasteiger partial charge in [0, 0.05) is 24.9 Å². The summed E-state index contributed by atoms with van der Waals surface area (Å²) in [6, 6.07) is 14.1. The van der Waals surface area contributed by atoms with Gasteiger partial charge in [0.2, 0.25) is 5.91 Å². The van der Waals surface area contributed by atoms with E-state index in [0.717, 1.165) is 11.1 Å². The smallest absolute Gasteiger partial charge is 0.221 e. The molecule has 1 amide bonds. The summed E-state index contributed by atoms with van der Waals surface area (Å²) in [7, 11) is 0. The van der Waals surface area contributed by atoms with Crippen LogP contribution in [0.1, 0.15) is 24.1 Å². The van der Waals surface area contributed by atoms with Gasteiger partial charge in [-0.25, -0.2) is 0 Å². The molecule has 0 aliphatic rings. The number of primary amides is 1. The van der Waals surface area contributed by atoms with Gasteiger partial charge < -0.3 is 11.1 Å². The van der Waals surface area contributed by atoms with Crippen LogP contribution in [-0.4, -0.2) is 17.4 Å². The third-order valence-corrected chi connectivity index (χ3v) is 3.29. The highest BCUT2D eigenvalue weighted by molar-refractivity contribution is 5.76. The number of aromatic nitrogens is 1. The van der Waals surface area contributed by atoms with Gasteiger partial charge in [-0.1, -0.05) is 37.3 Å². The van der Waals surface area contributed by atoms with Crippen molar-refractivity contribution in [1.29, 1.82) is 0 Å². The molecule has 0 saturated carbocycles. The lowest BCUT2D eigenvalue weighted by Crippen LogP contribution is -2.33.